The molecule has 8 heteroatoms. The Balaban J connectivity index is 2.04. The SMILES string of the molecule is CCN(CC)S(=O)(=O)c1cccc(C(=O)NCC(C)Cn2ccnc2C)c1. The van der Waals surface area contributed by atoms with E-state index in [0.717, 1.165) is 12.4 Å². The average molecular weight is 393 g/mol. The van der Waals surface area contributed by atoms with Gasteiger partial charge in [0.1, 0.15) is 5.82 Å². The van der Waals surface area contributed by atoms with Crippen LogP contribution in [-0.4, -0.2) is 47.8 Å². The number of carbonyl (C=O) groups excluding carboxylic acids is 1. The van der Waals surface area contributed by atoms with E-state index in [9.17, 15) is 13.2 Å². The van der Waals surface area contributed by atoms with E-state index in [4.69, 9.17) is 0 Å². The summed E-state index contributed by atoms with van der Waals surface area (Å²) in [6.45, 7) is 9.59. The minimum absolute atomic E-state index is 0.140. The van der Waals surface area contributed by atoms with Gasteiger partial charge in [-0.3, -0.25) is 4.79 Å². The van der Waals surface area contributed by atoms with E-state index in [2.05, 4.69) is 10.3 Å². The van der Waals surface area contributed by atoms with Gasteiger partial charge >= 0.3 is 0 Å². The molecule has 0 aliphatic heterocycles. The Bertz CT molecular complexity index is 873. The zero-order valence-electron chi connectivity index (χ0n) is 16.3. The van der Waals surface area contributed by atoms with E-state index >= 15 is 0 Å². The average Bonchev–Trinajstić information content (AvgIpc) is 3.05. The van der Waals surface area contributed by atoms with Crippen molar-refractivity contribution in [3.05, 3.63) is 48.0 Å². The lowest BCUT2D eigenvalue weighted by Gasteiger charge is -2.19. The Morgan fingerprint density at radius 1 is 1.30 bits per heavy atom. The van der Waals surface area contributed by atoms with Gasteiger partial charge < -0.3 is 9.88 Å². The van der Waals surface area contributed by atoms with Crippen molar-refractivity contribution in [3.8, 4) is 0 Å². The highest BCUT2D eigenvalue weighted by molar-refractivity contribution is 7.89. The highest BCUT2D eigenvalue weighted by Crippen LogP contribution is 2.17. The predicted octanol–water partition coefficient (Wildman–Crippen LogP) is 2.29. The maximum Gasteiger partial charge on any atom is 0.251 e. The number of rotatable bonds is 9. The van der Waals surface area contributed by atoms with E-state index in [1.165, 1.54) is 16.4 Å². The molecule has 0 saturated carbocycles. The van der Waals surface area contributed by atoms with Crippen LogP contribution in [0.15, 0.2) is 41.6 Å². The van der Waals surface area contributed by atoms with Gasteiger partial charge in [0.2, 0.25) is 10.0 Å². The molecule has 0 aliphatic carbocycles. The van der Waals surface area contributed by atoms with Crippen LogP contribution in [0.4, 0.5) is 0 Å². The van der Waals surface area contributed by atoms with Gasteiger partial charge in [0.15, 0.2) is 0 Å². The summed E-state index contributed by atoms with van der Waals surface area (Å²) in [5, 5.41) is 2.89. The second-order valence-corrected chi connectivity index (χ2v) is 8.50. The molecule has 2 aromatic rings. The number of amides is 1. The van der Waals surface area contributed by atoms with Crippen molar-refractivity contribution in [1.82, 2.24) is 19.2 Å². The maximum absolute atomic E-state index is 12.6. The van der Waals surface area contributed by atoms with E-state index in [1.54, 1.807) is 32.2 Å². The molecule has 1 N–H and O–H groups in total. The first-order chi connectivity index (χ1) is 12.8. The smallest absolute Gasteiger partial charge is 0.251 e. The molecule has 0 radical (unpaired) electrons. The number of hydrogen-bond acceptors (Lipinski definition) is 4. The molecule has 2 rings (SSSR count). The lowest BCUT2D eigenvalue weighted by molar-refractivity contribution is 0.0946. The molecule has 1 heterocycles. The zero-order valence-corrected chi connectivity index (χ0v) is 17.2. The highest BCUT2D eigenvalue weighted by Gasteiger charge is 2.22. The molecule has 7 nitrogen and oxygen atoms in total. The Morgan fingerprint density at radius 2 is 2.00 bits per heavy atom. The van der Waals surface area contributed by atoms with Crippen LogP contribution in [0.25, 0.3) is 0 Å². The maximum atomic E-state index is 12.6. The van der Waals surface area contributed by atoms with Crippen LogP contribution in [0.3, 0.4) is 0 Å². The first-order valence-electron chi connectivity index (χ1n) is 9.15. The second kappa shape index (κ2) is 9.14. The molecule has 148 valence electrons. The van der Waals surface area contributed by atoms with Crippen molar-refractivity contribution < 1.29 is 13.2 Å². The lowest BCUT2D eigenvalue weighted by atomic mass is 10.1. The van der Waals surface area contributed by atoms with Gasteiger partial charge in [0, 0.05) is 44.1 Å². The molecule has 0 aliphatic rings. The molecule has 1 aromatic heterocycles. The van der Waals surface area contributed by atoms with Crippen molar-refractivity contribution in [3.63, 3.8) is 0 Å². The molecule has 1 unspecified atom stereocenters. The van der Waals surface area contributed by atoms with Crippen LogP contribution >= 0.6 is 0 Å². The fourth-order valence-corrected chi connectivity index (χ4v) is 4.38. The van der Waals surface area contributed by atoms with Crippen LogP contribution in [0, 0.1) is 12.8 Å². The van der Waals surface area contributed by atoms with E-state index in [-0.39, 0.29) is 16.7 Å². The van der Waals surface area contributed by atoms with Crippen molar-refractivity contribution in [1.29, 1.82) is 0 Å². The van der Waals surface area contributed by atoms with Gasteiger partial charge in [-0.25, -0.2) is 13.4 Å². The van der Waals surface area contributed by atoms with Crippen molar-refractivity contribution in [2.45, 2.75) is 39.1 Å². The Kier molecular flexibility index (Phi) is 7.15. The van der Waals surface area contributed by atoms with Crippen LogP contribution < -0.4 is 5.32 Å². The quantitative estimate of drug-likeness (QED) is 0.710. The van der Waals surface area contributed by atoms with Gasteiger partial charge in [0.05, 0.1) is 4.90 Å². The third-order valence-electron chi connectivity index (χ3n) is 4.48. The number of imidazole rings is 1. The summed E-state index contributed by atoms with van der Waals surface area (Å²) in [6.07, 6.45) is 3.66. The number of nitrogens with one attached hydrogen (secondary N) is 1. The summed E-state index contributed by atoms with van der Waals surface area (Å²) in [4.78, 5) is 16.8. The number of hydrogen-bond donors (Lipinski definition) is 1. The van der Waals surface area contributed by atoms with Gasteiger partial charge in [-0.05, 0) is 31.0 Å². The van der Waals surface area contributed by atoms with Crippen LogP contribution in [0.2, 0.25) is 0 Å². The summed E-state index contributed by atoms with van der Waals surface area (Å²) in [5.74, 6) is 0.868. The number of aromatic nitrogens is 2. The van der Waals surface area contributed by atoms with E-state index < -0.39 is 10.0 Å². The molecule has 0 fully saturated rings. The Hall–Kier alpha value is -2.19. The molecule has 0 spiro atoms. The lowest BCUT2D eigenvalue weighted by Crippen LogP contribution is -2.32. The topological polar surface area (TPSA) is 84.3 Å². The fourth-order valence-electron chi connectivity index (χ4n) is 2.88. The third kappa shape index (κ3) is 5.17. The monoisotopic (exact) mass is 392 g/mol. The minimum atomic E-state index is -3.58. The third-order valence-corrected chi connectivity index (χ3v) is 6.53. The van der Waals surface area contributed by atoms with Crippen LogP contribution in [-0.2, 0) is 16.6 Å². The minimum Gasteiger partial charge on any atom is -0.352 e. The summed E-state index contributed by atoms with van der Waals surface area (Å²) in [6, 6.07) is 6.19. The molecule has 27 heavy (non-hydrogen) atoms. The molecule has 1 amide bonds. The Morgan fingerprint density at radius 3 is 2.59 bits per heavy atom. The Labute approximate surface area is 161 Å². The first kappa shape index (κ1) is 21.1. The van der Waals surface area contributed by atoms with Crippen LogP contribution in [0.1, 0.15) is 37.0 Å². The van der Waals surface area contributed by atoms with Gasteiger partial charge in [-0.2, -0.15) is 4.31 Å². The fraction of sp³-hybridized carbons (Fsp3) is 0.474. The van der Waals surface area contributed by atoms with Gasteiger partial charge in [0.25, 0.3) is 5.91 Å². The van der Waals surface area contributed by atoms with Crippen molar-refractivity contribution in [2.75, 3.05) is 19.6 Å². The largest absolute Gasteiger partial charge is 0.352 e. The summed E-state index contributed by atoms with van der Waals surface area (Å²) in [5.41, 5.74) is 0.342. The number of sulfonamides is 1. The number of benzene rings is 1. The number of carbonyl (C=O) groups is 1. The van der Waals surface area contributed by atoms with Gasteiger partial charge in [-0.15, -0.1) is 0 Å². The normalized spacial score (nSPS) is 12.9. The van der Waals surface area contributed by atoms with E-state index in [1.807, 2.05) is 24.6 Å². The van der Waals surface area contributed by atoms with Crippen LogP contribution in [0.5, 0.6) is 0 Å². The standard InChI is InChI=1S/C19H28N4O3S/c1-5-23(6-2)27(25,26)18-9-7-8-17(12-18)19(24)21-13-15(3)14-22-11-10-20-16(22)4/h7-12,15H,5-6,13-14H2,1-4H3,(H,21,24). The summed E-state index contributed by atoms with van der Waals surface area (Å²) >= 11 is 0. The second-order valence-electron chi connectivity index (χ2n) is 6.56. The summed E-state index contributed by atoms with van der Waals surface area (Å²) in [7, 11) is -3.58. The zero-order chi connectivity index (χ0) is 20.0. The number of nitrogens with zero attached hydrogens (tertiary/aromatic N) is 3. The molecule has 1 aromatic carbocycles. The molecular formula is C19H28N4O3S. The van der Waals surface area contributed by atoms with Crippen molar-refractivity contribution in [2.24, 2.45) is 5.92 Å². The highest BCUT2D eigenvalue weighted by atomic mass is 32.2. The molecule has 1 atom stereocenters. The molecule has 0 saturated heterocycles. The van der Waals surface area contributed by atoms with E-state index in [0.29, 0.717) is 25.2 Å². The molecule has 0 bridgehead atoms. The van der Waals surface area contributed by atoms with Crippen molar-refractivity contribution >= 4 is 15.9 Å². The van der Waals surface area contributed by atoms with Gasteiger partial charge in [-0.1, -0.05) is 26.8 Å². The number of aryl methyl sites for hydroxylation is 1. The predicted molar refractivity (Wildman–Crippen MR) is 105 cm³/mol. The molecular weight excluding hydrogens is 364 g/mol. The first-order valence-corrected chi connectivity index (χ1v) is 10.6. The summed E-state index contributed by atoms with van der Waals surface area (Å²) < 4.78 is 28.7.